The minimum absolute atomic E-state index is 0.430. The molecule has 8 heteroatoms. The SMILES string of the molecule is COc1ccnc(OC)c1-n1c(C)nnc1-c1ccn(C)n1. The summed E-state index contributed by atoms with van der Waals surface area (Å²) in [6, 6.07) is 3.63. The molecule has 3 aromatic heterocycles. The fraction of sp³-hybridized carbons (Fsp3) is 0.286. The molecule has 0 aromatic carbocycles. The van der Waals surface area contributed by atoms with E-state index in [0.29, 0.717) is 34.7 Å². The van der Waals surface area contributed by atoms with Crippen LogP contribution in [0.25, 0.3) is 17.2 Å². The average molecular weight is 300 g/mol. The number of methoxy groups -OCH3 is 2. The van der Waals surface area contributed by atoms with Crippen LogP contribution in [0.15, 0.2) is 24.5 Å². The Balaban J connectivity index is 2.28. The van der Waals surface area contributed by atoms with Crippen LogP contribution in [0, 0.1) is 6.92 Å². The Morgan fingerprint density at radius 1 is 1.09 bits per heavy atom. The van der Waals surface area contributed by atoms with Crippen LogP contribution >= 0.6 is 0 Å². The van der Waals surface area contributed by atoms with Gasteiger partial charge in [0.05, 0.1) is 14.2 Å². The highest BCUT2D eigenvalue weighted by Gasteiger charge is 2.22. The van der Waals surface area contributed by atoms with Crippen LogP contribution in [0.3, 0.4) is 0 Å². The number of aromatic nitrogens is 6. The van der Waals surface area contributed by atoms with Crippen LogP contribution in [-0.2, 0) is 7.05 Å². The van der Waals surface area contributed by atoms with Crippen molar-refractivity contribution in [1.82, 2.24) is 29.5 Å². The lowest BCUT2D eigenvalue weighted by molar-refractivity contribution is 0.379. The predicted molar refractivity (Wildman–Crippen MR) is 79.2 cm³/mol. The molecule has 0 aliphatic rings. The molecule has 0 aliphatic carbocycles. The van der Waals surface area contributed by atoms with Gasteiger partial charge in [-0.1, -0.05) is 0 Å². The summed E-state index contributed by atoms with van der Waals surface area (Å²) in [7, 11) is 5.01. The molecule has 3 heterocycles. The second-order valence-corrected chi connectivity index (χ2v) is 4.65. The van der Waals surface area contributed by atoms with Crippen molar-refractivity contribution in [3.8, 4) is 28.8 Å². The summed E-state index contributed by atoms with van der Waals surface area (Å²) in [4.78, 5) is 4.24. The van der Waals surface area contributed by atoms with Crippen molar-refractivity contribution in [2.45, 2.75) is 6.92 Å². The van der Waals surface area contributed by atoms with Crippen LogP contribution in [0.5, 0.6) is 11.6 Å². The van der Waals surface area contributed by atoms with E-state index in [1.54, 1.807) is 31.2 Å². The molecular weight excluding hydrogens is 284 g/mol. The number of rotatable bonds is 4. The summed E-state index contributed by atoms with van der Waals surface area (Å²) in [5.74, 6) is 2.33. The third-order valence-electron chi connectivity index (χ3n) is 3.26. The molecule has 0 spiro atoms. The van der Waals surface area contributed by atoms with Gasteiger partial charge in [-0.25, -0.2) is 4.98 Å². The number of hydrogen-bond acceptors (Lipinski definition) is 6. The van der Waals surface area contributed by atoms with Crippen LogP contribution in [0.1, 0.15) is 5.82 Å². The molecule has 0 bridgehead atoms. The van der Waals surface area contributed by atoms with Crippen molar-refractivity contribution in [3.63, 3.8) is 0 Å². The molecule has 22 heavy (non-hydrogen) atoms. The minimum atomic E-state index is 0.430. The molecule has 114 valence electrons. The summed E-state index contributed by atoms with van der Waals surface area (Å²) in [5.41, 5.74) is 1.35. The van der Waals surface area contributed by atoms with E-state index in [0.717, 1.165) is 0 Å². The van der Waals surface area contributed by atoms with E-state index >= 15 is 0 Å². The monoisotopic (exact) mass is 300 g/mol. The first-order valence-electron chi connectivity index (χ1n) is 6.65. The van der Waals surface area contributed by atoms with E-state index in [2.05, 4.69) is 20.3 Å². The maximum Gasteiger partial charge on any atom is 0.242 e. The highest BCUT2D eigenvalue weighted by atomic mass is 16.5. The summed E-state index contributed by atoms with van der Waals surface area (Å²) >= 11 is 0. The molecule has 0 radical (unpaired) electrons. The first-order valence-corrected chi connectivity index (χ1v) is 6.65. The zero-order valence-electron chi connectivity index (χ0n) is 12.8. The van der Waals surface area contributed by atoms with Crippen LogP contribution in [0.4, 0.5) is 0 Å². The van der Waals surface area contributed by atoms with Crippen molar-refractivity contribution in [2.75, 3.05) is 14.2 Å². The van der Waals surface area contributed by atoms with Gasteiger partial charge in [0.1, 0.15) is 17.3 Å². The zero-order chi connectivity index (χ0) is 15.7. The fourth-order valence-corrected chi connectivity index (χ4v) is 2.27. The molecular formula is C14H16N6O2. The highest BCUT2D eigenvalue weighted by Crippen LogP contribution is 2.33. The second kappa shape index (κ2) is 5.47. The lowest BCUT2D eigenvalue weighted by Crippen LogP contribution is -2.06. The second-order valence-electron chi connectivity index (χ2n) is 4.65. The molecule has 0 unspecified atom stereocenters. The lowest BCUT2D eigenvalue weighted by Gasteiger charge is -2.14. The van der Waals surface area contributed by atoms with Gasteiger partial charge in [0.2, 0.25) is 5.88 Å². The van der Waals surface area contributed by atoms with E-state index in [4.69, 9.17) is 9.47 Å². The summed E-state index contributed by atoms with van der Waals surface area (Å²) in [6.45, 7) is 1.85. The molecule has 3 aromatic rings. The van der Waals surface area contributed by atoms with Gasteiger partial charge in [-0.15, -0.1) is 10.2 Å². The van der Waals surface area contributed by atoms with Gasteiger partial charge in [0, 0.05) is 25.5 Å². The van der Waals surface area contributed by atoms with Crippen LogP contribution in [-0.4, -0.2) is 43.7 Å². The zero-order valence-corrected chi connectivity index (χ0v) is 12.8. The minimum Gasteiger partial charge on any atom is -0.494 e. The average Bonchev–Trinajstić information content (AvgIpc) is 3.12. The summed E-state index contributed by atoms with van der Waals surface area (Å²) in [6.07, 6.45) is 3.47. The molecule has 0 amide bonds. The first kappa shape index (κ1) is 14.1. The summed E-state index contributed by atoms with van der Waals surface area (Å²) < 4.78 is 14.3. The number of nitrogens with zero attached hydrogens (tertiary/aromatic N) is 6. The summed E-state index contributed by atoms with van der Waals surface area (Å²) in [5, 5.41) is 12.8. The molecule has 3 rings (SSSR count). The van der Waals surface area contributed by atoms with Crippen molar-refractivity contribution < 1.29 is 9.47 Å². The van der Waals surface area contributed by atoms with Gasteiger partial charge in [0.25, 0.3) is 0 Å². The number of ether oxygens (including phenoxy) is 2. The Morgan fingerprint density at radius 2 is 1.91 bits per heavy atom. The lowest BCUT2D eigenvalue weighted by atomic mass is 10.3. The van der Waals surface area contributed by atoms with Crippen molar-refractivity contribution in [3.05, 3.63) is 30.4 Å². The first-order chi connectivity index (χ1) is 10.7. The normalized spacial score (nSPS) is 10.7. The third-order valence-corrected chi connectivity index (χ3v) is 3.26. The van der Waals surface area contributed by atoms with Crippen LogP contribution < -0.4 is 9.47 Å². The number of hydrogen-bond donors (Lipinski definition) is 0. The van der Waals surface area contributed by atoms with Gasteiger partial charge in [-0.05, 0) is 13.0 Å². The van der Waals surface area contributed by atoms with Crippen molar-refractivity contribution >= 4 is 0 Å². The molecule has 0 saturated heterocycles. The smallest absolute Gasteiger partial charge is 0.242 e. The maximum absolute atomic E-state index is 5.44. The Kier molecular flexibility index (Phi) is 3.50. The van der Waals surface area contributed by atoms with Gasteiger partial charge >= 0.3 is 0 Å². The highest BCUT2D eigenvalue weighted by molar-refractivity contribution is 5.61. The van der Waals surface area contributed by atoms with E-state index in [9.17, 15) is 0 Å². The standard InChI is InChI=1S/C14H16N6O2/c1-9-16-17-13(10-6-8-19(2)18-10)20(9)12-11(21-3)5-7-15-14(12)22-4/h5-8H,1-4H3. The van der Waals surface area contributed by atoms with E-state index in [-0.39, 0.29) is 0 Å². The fourth-order valence-electron chi connectivity index (χ4n) is 2.27. The molecule has 8 nitrogen and oxygen atoms in total. The quantitative estimate of drug-likeness (QED) is 0.724. The van der Waals surface area contributed by atoms with Gasteiger partial charge in [-0.3, -0.25) is 9.25 Å². The van der Waals surface area contributed by atoms with E-state index in [1.165, 1.54) is 0 Å². The van der Waals surface area contributed by atoms with Crippen molar-refractivity contribution in [2.24, 2.45) is 7.05 Å². The molecule has 0 aliphatic heterocycles. The van der Waals surface area contributed by atoms with Crippen LogP contribution in [0.2, 0.25) is 0 Å². The van der Waals surface area contributed by atoms with Gasteiger partial charge in [-0.2, -0.15) is 5.10 Å². The van der Waals surface area contributed by atoms with Gasteiger partial charge < -0.3 is 9.47 Å². The topological polar surface area (TPSA) is 79.9 Å². The Morgan fingerprint density at radius 3 is 2.55 bits per heavy atom. The molecule has 0 fully saturated rings. The Hall–Kier alpha value is -2.90. The largest absolute Gasteiger partial charge is 0.494 e. The van der Waals surface area contributed by atoms with Crippen molar-refractivity contribution in [1.29, 1.82) is 0 Å². The number of pyridine rings is 1. The van der Waals surface area contributed by atoms with E-state index < -0.39 is 0 Å². The van der Waals surface area contributed by atoms with E-state index in [1.807, 2.05) is 30.8 Å². The predicted octanol–water partition coefficient (Wildman–Crippen LogP) is 1.39. The molecule has 0 saturated carbocycles. The molecule has 0 atom stereocenters. The third kappa shape index (κ3) is 2.18. The molecule has 0 N–H and O–H groups in total. The number of aryl methyl sites for hydroxylation is 2. The Bertz CT molecular complexity index is 785. The Labute approximate surface area is 127 Å². The van der Waals surface area contributed by atoms with Gasteiger partial charge in [0.15, 0.2) is 11.5 Å². The maximum atomic E-state index is 5.44.